The van der Waals surface area contributed by atoms with Gasteiger partial charge in [-0.3, -0.25) is 0 Å². The molecular formula is C21H25NO6S. The quantitative estimate of drug-likeness (QED) is 0.483. The molecule has 0 aliphatic carbocycles. The Morgan fingerprint density at radius 3 is 2.31 bits per heavy atom. The standard InChI is InChI=1S/C21H25NO6S/c1-15-6-9-18(26-4)17(12-15)14-28-21(23)11-8-16-7-10-19(27-5)20(13-16)29(24,25)22(2)3/h6-13H,14H2,1-5H3/b11-8+. The fraction of sp³-hybridized carbons (Fsp3) is 0.286. The number of sulfonamides is 1. The maximum atomic E-state index is 12.5. The first kappa shape index (κ1) is 22.4. The lowest BCUT2D eigenvalue weighted by molar-refractivity contribution is -0.138. The highest BCUT2D eigenvalue weighted by Gasteiger charge is 2.22. The van der Waals surface area contributed by atoms with E-state index in [-0.39, 0.29) is 17.3 Å². The minimum atomic E-state index is -3.69. The van der Waals surface area contributed by atoms with Crippen molar-refractivity contribution in [1.29, 1.82) is 0 Å². The third-order valence-corrected chi connectivity index (χ3v) is 6.00. The smallest absolute Gasteiger partial charge is 0.331 e. The summed E-state index contributed by atoms with van der Waals surface area (Å²) < 4.78 is 41.7. The van der Waals surface area contributed by atoms with Gasteiger partial charge in [0, 0.05) is 25.7 Å². The van der Waals surface area contributed by atoms with Crippen molar-refractivity contribution in [3.8, 4) is 11.5 Å². The highest BCUT2D eigenvalue weighted by atomic mass is 32.2. The van der Waals surface area contributed by atoms with E-state index in [4.69, 9.17) is 14.2 Å². The molecule has 156 valence electrons. The first-order chi connectivity index (χ1) is 13.7. The van der Waals surface area contributed by atoms with Crippen molar-refractivity contribution in [3.05, 3.63) is 59.2 Å². The molecule has 0 saturated heterocycles. The second-order valence-corrected chi connectivity index (χ2v) is 8.57. The van der Waals surface area contributed by atoms with Crippen molar-refractivity contribution in [2.75, 3.05) is 28.3 Å². The van der Waals surface area contributed by atoms with Gasteiger partial charge < -0.3 is 14.2 Å². The van der Waals surface area contributed by atoms with Gasteiger partial charge in [-0.15, -0.1) is 0 Å². The summed E-state index contributed by atoms with van der Waals surface area (Å²) in [6.07, 6.45) is 2.74. The number of carbonyl (C=O) groups is 1. The Balaban J connectivity index is 2.15. The molecule has 2 aromatic carbocycles. The van der Waals surface area contributed by atoms with Crippen LogP contribution < -0.4 is 9.47 Å². The molecular weight excluding hydrogens is 394 g/mol. The van der Waals surface area contributed by atoms with Crippen molar-refractivity contribution in [2.24, 2.45) is 0 Å². The second kappa shape index (κ2) is 9.58. The molecule has 0 saturated carbocycles. The van der Waals surface area contributed by atoms with E-state index in [9.17, 15) is 13.2 Å². The second-order valence-electron chi connectivity index (χ2n) is 6.45. The number of methoxy groups -OCH3 is 2. The van der Waals surface area contributed by atoms with E-state index in [0.717, 1.165) is 15.4 Å². The Kier molecular flexibility index (Phi) is 7.41. The molecule has 0 bridgehead atoms. The van der Waals surface area contributed by atoms with Crippen LogP contribution in [0.3, 0.4) is 0 Å². The lowest BCUT2D eigenvalue weighted by Gasteiger charge is -2.15. The van der Waals surface area contributed by atoms with Gasteiger partial charge in [0.2, 0.25) is 10.0 Å². The van der Waals surface area contributed by atoms with Gasteiger partial charge in [-0.1, -0.05) is 17.7 Å². The van der Waals surface area contributed by atoms with Gasteiger partial charge in [-0.25, -0.2) is 17.5 Å². The summed E-state index contributed by atoms with van der Waals surface area (Å²) in [5, 5.41) is 0. The molecule has 0 aliphatic heterocycles. The van der Waals surface area contributed by atoms with E-state index in [1.165, 1.54) is 39.4 Å². The molecule has 0 unspecified atom stereocenters. The summed E-state index contributed by atoms with van der Waals surface area (Å²) in [7, 11) is 2.14. The van der Waals surface area contributed by atoms with Crippen LogP contribution in [0.5, 0.6) is 11.5 Å². The van der Waals surface area contributed by atoms with Crippen molar-refractivity contribution in [1.82, 2.24) is 4.31 Å². The number of hydrogen-bond donors (Lipinski definition) is 0. The molecule has 0 heterocycles. The first-order valence-electron chi connectivity index (χ1n) is 8.78. The molecule has 0 N–H and O–H groups in total. The van der Waals surface area contributed by atoms with E-state index in [2.05, 4.69) is 0 Å². The highest BCUT2D eigenvalue weighted by molar-refractivity contribution is 7.89. The zero-order valence-electron chi connectivity index (χ0n) is 17.1. The summed E-state index contributed by atoms with van der Waals surface area (Å²) in [6.45, 7) is 2.00. The number of carbonyl (C=O) groups excluding carboxylic acids is 1. The van der Waals surface area contributed by atoms with Crippen molar-refractivity contribution in [2.45, 2.75) is 18.4 Å². The summed E-state index contributed by atoms with van der Waals surface area (Å²) in [6, 6.07) is 10.3. The zero-order valence-corrected chi connectivity index (χ0v) is 17.9. The van der Waals surface area contributed by atoms with Gasteiger partial charge in [0.05, 0.1) is 14.2 Å². The molecule has 7 nitrogen and oxygen atoms in total. The number of esters is 1. The number of benzene rings is 2. The largest absolute Gasteiger partial charge is 0.496 e. The Bertz CT molecular complexity index is 1010. The topological polar surface area (TPSA) is 82.1 Å². The van der Waals surface area contributed by atoms with Gasteiger partial charge in [-0.05, 0) is 42.8 Å². The third kappa shape index (κ3) is 5.58. The Morgan fingerprint density at radius 1 is 1.03 bits per heavy atom. The van der Waals surface area contributed by atoms with Crippen LogP contribution in [0.1, 0.15) is 16.7 Å². The molecule has 0 aliphatic rings. The minimum Gasteiger partial charge on any atom is -0.496 e. The van der Waals surface area contributed by atoms with Crippen molar-refractivity contribution in [3.63, 3.8) is 0 Å². The average Bonchev–Trinajstić information content (AvgIpc) is 2.70. The summed E-state index contributed by atoms with van der Waals surface area (Å²) in [5.41, 5.74) is 2.31. The monoisotopic (exact) mass is 419 g/mol. The van der Waals surface area contributed by atoms with Crippen LogP contribution in [0.15, 0.2) is 47.4 Å². The Labute approximate surface area is 171 Å². The average molecular weight is 419 g/mol. The van der Waals surface area contributed by atoms with Gasteiger partial charge in [-0.2, -0.15) is 0 Å². The van der Waals surface area contributed by atoms with E-state index >= 15 is 0 Å². The van der Waals surface area contributed by atoms with Crippen LogP contribution >= 0.6 is 0 Å². The lowest BCUT2D eigenvalue weighted by atomic mass is 10.1. The molecule has 29 heavy (non-hydrogen) atoms. The first-order valence-corrected chi connectivity index (χ1v) is 10.2. The molecule has 0 fully saturated rings. The summed E-state index contributed by atoms with van der Waals surface area (Å²) in [5.74, 6) is 0.312. The van der Waals surface area contributed by atoms with Crippen molar-refractivity contribution < 1.29 is 27.4 Å². The van der Waals surface area contributed by atoms with Crippen LogP contribution in [0.4, 0.5) is 0 Å². The predicted octanol–water partition coefficient (Wildman–Crippen LogP) is 3.02. The maximum absolute atomic E-state index is 12.5. The molecule has 2 rings (SSSR count). The van der Waals surface area contributed by atoms with E-state index in [1.54, 1.807) is 19.2 Å². The zero-order chi connectivity index (χ0) is 21.6. The molecule has 0 spiro atoms. The maximum Gasteiger partial charge on any atom is 0.331 e. The summed E-state index contributed by atoms with van der Waals surface area (Å²) in [4.78, 5) is 12.1. The number of rotatable bonds is 8. The minimum absolute atomic E-state index is 0.0185. The van der Waals surface area contributed by atoms with Crippen molar-refractivity contribution >= 4 is 22.1 Å². The number of ether oxygens (including phenoxy) is 3. The van der Waals surface area contributed by atoms with Gasteiger partial charge in [0.25, 0.3) is 0 Å². The van der Waals surface area contributed by atoms with Crippen LogP contribution in [0.25, 0.3) is 6.08 Å². The van der Waals surface area contributed by atoms with Gasteiger partial charge in [0.1, 0.15) is 23.0 Å². The molecule has 0 aromatic heterocycles. The molecule has 2 aromatic rings. The molecule has 0 radical (unpaired) electrons. The summed E-state index contributed by atoms with van der Waals surface area (Å²) >= 11 is 0. The highest BCUT2D eigenvalue weighted by Crippen LogP contribution is 2.27. The van der Waals surface area contributed by atoms with E-state index < -0.39 is 16.0 Å². The number of hydrogen-bond acceptors (Lipinski definition) is 6. The lowest BCUT2D eigenvalue weighted by Crippen LogP contribution is -2.22. The third-order valence-electron chi connectivity index (χ3n) is 4.16. The fourth-order valence-corrected chi connectivity index (χ4v) is 3.66. The molecule has 0 atom stereocenters. The number of nitrogens with zero attached hydrogens (tertiary/aromatic N) is 1. The van der Waals surface area contributed by atoms with Crippen LogP contribution in [0, 0.1) is 6.92 Å². The molecule has 8 heteroatoms. The Morgan fingerprint density at radius 2 is 1.69 bits per heavy atom. The Hall–Kier alpha value is -2.84. The number of aryl methyl sites for hydroxylation is 1. The normalized spacial score (nSPS) is 11.7. The van der Waals surface area contributed by atoms with Crippen LogP contribution in [0.2, 0.25) is 0 Å². The molecule has 0 amide bonds. The SMILES string of the molecule is COc1ccc(C)cc1COC(=O)/C=C/c1ccc(OC)c(S(=O)(=O)N(C)C)c1. The fourth-order valence-electron chi connectivity index (χ4n) is 2.58. The van der Waals surface area contributed by atoms with Crippen LogP contribution in [-0.2, 0) is 26.2 Å². The van der Waals surface area contributed by atoms with E-state index in [0.29, 0.717) is 11.3 Å². The van der Waals surface area contributed by atoms with Gasteiger partial charge >= 0.3 is 5.97 Å². The predicted molar refractivity (Wildman–Crippen MR) is 110 cm³/mol. The van der Waals surface area contributed by atoms with Crippen LogP contribution in [-0.4, -0.2) is 47.0 Å². The van der Waals surface area contributed by atoms with Gasteiger partial charge in [0.15, 0.2) is 0 Å². The van der Waals surface area contributed by atoms with E-state index in [1.807, 2.05) is 25.1 Å².